The summed E-state index contributed by atoms with van der Waals surface area (Å²) in [6.45, 7) is 0. The van der Waals surface area contributed by atoms with Crippen LogP contribution in [0.4, 0.5) is 0 Å². The van der Waals surface area contributed by atoms with Crippen LogP contribution in [0.1, 0.15) is 61.0 Å². The molecule has 0 bridgehead atoms. The second kappa shape index (κ2) is 8.80. The number of carbonyl (C=O) groups excluding carboxylic acids is 1. The van der Waals surface area contributed by atoms with Crippen molar-refractivity contribution in [3.05, 3.63) is 17.0 Å². The maximum Gasteiger partial charge on any atom is 0.303 e. The molecule has 0 spiro atoms. The number of sulfone groups is 1. The predicted octanol–water partition coefficient (Wildman–Crippen LogP) is 3.09. The Hall–Kier alpha value is -1.41. The number of carboxylic acid groups (broad SMARTS) is 1. The van der Waals surface area contributed by atoms with Crippen LogP contribution in [0.15, 0.2) is 16.3 Å². The van der Waals surface area contributed by atoms with E-state index in [9.17, 15) is 18.0 Å². The van der Waals surface area contributed by atoms with Crippen LogP contribution in [0.2, 0.25) is 0 Å². The molecule has 8 heteroatoms. The number of aliphatic carboxylic acids is 1. The molecule has 1 aliphatic carbocycles. The highest BCUT2D eigenvalue weighted by Crippen LogP contribution is 2.28. The second-order valence-electron chi connectivity index (χ2n) is 6.73. The lowest BCUT2D eigenvalue weighted by molar-refractivity contribution is -0.137. The molecule has 1 aromatic rings. The predicted molar refractivity (Wildman–Crippen MR) is 96.7 cm³/mol. The third-order valence-electron chi connectivity index (χ3n) is 4.56. The van der Waals surface area contributed by atoms with Crippen molar-refractivity contribution in [2.24, 2.45) is 5.92 Å². The number of rotatable bonds is 8. The number of nitrogens with one attached hydrogen (secondary N) is 1. The van der Waals surface area contributed by atoms with Gasteiger partial charge in [0, 0.05) is 18.7 Å². The van der Waals surface area contributed by atoms with Gasteiger partial charge in [0.15, 0.2) is 9.84 Å². The molecule has 1 aliphatic rings. The molecule has 140 valence electrons. The average Bonchev–Trinajstić information content (AvgIpc) is 3.04. The molecule has 6 nitrogen and oxygen atoms in total. The van der Waals surface area contributed by atoms with Crippen molar-refractivity contribution >= 4 is 33.1 Å². The first-order valence-electron chi connectivity index (χ1n) is 8.58. The summed E-state index contributed by atoms with van der Waals surface area (Å²) in [7, 11) is -3.33. The lowest BCUT2D eigenvalue weighted by Gasteiger charge is -2.27. The minimum atomic E-state index is -3.33. The zero-order valence-electron chi connectivity index (χ0n) is 14.4. The summed E-state index contributed by atoms with van der Waals surface area (Å²) >= 11 is 0.944. The van der Waals surface area contributed by atoms with E-state index in [-0.39, 0.29) is 22.6 Å². The number of amides is 1. The maximum atomic E-state index is 12.4. The van der Waals surface area contributed by atoms with Gasteiger partial charge in [-0.1, -0.05) is 32.1 Å². The largest absolute Gasteiger partial charge is 0.481 e. The standard InChI is InChI=1S/C17H25NO5S2/c1-25(22,23)16-10-8-14(24-16)17(21)18-13(7-9-15(19)20)11-12-5-3-2-4-6-12/h8,10,12-13H,2-7,9,11H2,1H3,(H,18,21)(H,19,20). The third kappa shape index (κ3) is 6.43. The van der Waals surface area contributed by atoms with Crippen LogP contribution in [0.5, 0.6) is 0 Å². The lowest BCUT2D eigenvalue weighted by Crippen LogP contribution is -2.36. The summed E-state index contributed by atoms with van der Waals surface area (Å²) in [4.78, 5) is 23.7. The number of carboxylic acids is 1. The molecule has 0 saturated heterocycles. The Morgan fingerprint density at radius 2 is 1.96 bits per heavy atom. The van der Waals surface area contributed by atoms with Crippen molar-refractivity contribution in [1.29, 1.82) is 0 Å². The van der Waals surface area contributed by atoms with Crippen LogP contribution in [0, 0.1) is 5.92 Å². The number of carbonyl (C=O) groups is 2. The van der Waals surface area contributed by atoms with E-state index in [1.54, 1.807) is 0 Å². The van der Waals surface area contributed by atoms with Crippen molar-refractivity contribution in [1.82, 2.24) is 5.32 Å². The molecule has 2 rings (SSSR count). The van der Waals surface area contributed by atoms with Gasteiger partial charge in [0.2, 0.25) is 0 Å². The maximum absolute atomic E-state index is 12.4. The Morgan fingerprint density at radius 3 is 2.52 bits per heavy atom. The molecule has 0 radical (unpaired) electrons. The molecule has 1 aromatic heterocycles. The second-order valence-corrected chi connectivity index (χ2v) is 10.1. The minimum Gasteiger partial charge on any atom is -0.481 e. The molecule has 2 N–H and O–H groups in total. The van der Waals surface area contributed by atoms with E-state index in [1.165, 1.54) is 31.4 Å². The summed E-state index contributed by atoms with van der Waals surface area (Å²) in [5.41, 5.74) is 0. The number of hydrogen-bond donors (Lipinski definition) is 2. The van der Waals surface area contributed by atoms with E-state index in [1.807, 2.05) is 0 Å². The van der Waals surface area contributed by atoms with Gasteiger partial charge in [-0.25, -0.2) is 8.42 Å². The van der Waals surface area contributed by atoms with Crippen LogP contribution in [0.3, 0.4) is 0 Å². The molecule has 0 aliphatic heterocycles. The highest BCUT2D eigenvalue weighted by molar-refractivity contribution is 7.92. The molecule has 25 heavy (non-hydrogen) atoms. The van der Waals surface area contributed by atoms with Gasteiger partial charge < -0.3 is 10.4 Å². The third-order valence-corrected chi connectivity index (χ3v) is 7.46. The fraction of sp³-hybridized carbons (Fsp3) is 0.647. The summed E-state index contributed by atoms with van der Waals surface area (Å²) in [6.07, 6.45) is 8.15. The molecule has 1 saturated carbocycles. The Labute approximate surface area is 152 Å². The van der Waals surface area contributed by atoms with Gasteiger partial charge in [-0.3, -0.25) is 9.59 Å². The van der Waals surface area contributed by atoms with Gasteiger partial charge in [-0.15, -0.1) is 11.3 Å². The molecule has 0 aromatic carbocycles. The fourth-order valence-electron chi connectivity index (χ4n) is 3.27. The van der Waals surface area contributed by atoms with Gasteiger partial charge in [0.05, 0.1) is 4.88 Å². The highest BCUT2D eigenvalue weighted by Gasteiger charge is 2.23. The van der Waals surface area contributed by atoms with Crippen molar-refractivity contribution in [3.8, 4) is 0 Å². The monoisotopic (exact) mass is 387 g/mol. The van der Waals surface area contributed by atoms with E-state index >= 15 is 0 Å². The first kappa shape index (κ1) is 19.9. The lowest BCUT2D eigenvalue weighted by atomic mass is 9.84. The van der Waals surface area contributed by atoms with Gasteiger partial charge >= 0.3 is 5.97 Å². The highest BCUT2D eigenvalue weighted by atomic mass is 32.2. The summed E-state index contributed by atoms with van der Waals surface area (Å²) in [6, 6.07) is 2.74. The Balaban J connectivity index is 2.01. The molecular weight excluding hydrogens is 362 g/mol. The quantitative estimate of drug-likeness (QED) is 0.714. The fourth-order valence-corrected chi connectivity index (χ4v) is 5.10. The van der Waals surface area contributed by atoms with E-state index < -0.39 is 15.8 Å². The summed E-state index contributed by atoms with van der Waals surface area (Å²) in [5.74, 6) is -0.688. The first-order valence-corrected chi connectivity index (χ1v) is 11.3. The topological polar surface area (TPSA) is 101 Å². The number of hydrogen-bond acceptors (Lipinski definition) is 5. The van der Waals surface area contributed by atoms with Gasteiger partial charge in [0.25, 0.3) is 5.91 Å². The first-order chi connectivity index (χ1) is 11.8. The molecule has 1 fully saturated rings. The smallest absolute Gasteiger partial charge is 0.303 e. The average molecular weight is 388 g/mol. The van der Waals surface area contributed by atoms with Crippen LogP contribution < -0.4 is 5.32 Å². The zero-order valence-corrected chi connectivity index (χ0v) is 16.0. The van der Waals surface area contributed by atoms with Crippen molar-refractivity contribution in [3.63, 3.8) is 0 Å². The normalized spacial score (nSPS) is 17.2. The van der Waals surface area contributed by atoms with Gasteiger partial charge in [-0.2, -0.15) is 0 Å². The van der Waals surface area contributed by atoms with Gasteiger partial charge in [-0.05, 0) is 30.9 Å². The molecule has 1 unspecified atom stereocenters. The Kier molecular flexibility index (Phi) is 7.01. The van der Waals surface area contributed by atoms with Crippen LogP contribution in [0.25, 0.3) is 0 Å². The zero-order chi connectivity index (χ0) is 18.4. The van der Waals surface area contributed by atoms with Crippen LogP contribution in [-0.4, -0.2) is 37.7 Å². The molecule has 1 atom stereocenters. The summed E-state index contributed by atoms with van der Waals surface area (Å²) < 4.78 is 23.2. The molecular formula is C17H25NO5S2. The van der Waals surface area contributed by atoms with Crippen molar-refractivity contribution in [2.75, 3.05) is 6.26 Å². The van der Waals surface area contributed by atoms with Gasteiger partial charge in [0.1, 0.15) is 4.21 Å². The van der Waals surface area contributed by atoms with Crippen molar-refractivity contribution in [2.45, 2.75) is 61.6 Å². The summed E-state index contributed by atoms with van der Waals surface area (Å²) in [5, 5.41) is 11.8. The van der Waals surface area contributed by atoms with E-state index in [0.29, 0.717) is 17.2 Å². The number of thiophene rings is 1. The van der Waals surface area contributed by atoms with E-state index in [2.05, 4.69) is 5.32 Å². The van der Waals surface area contributed by atoms with Crippen LogP contribution >= 0.6 is 11.3 Å². The SMILES string of the molecule is CS(=O)(=O)c1ccc(C(=O)NC(CCC(=O)O)CC2CCCCC2)s1. The Bertz CT molecular complexity index is 704. The molecule has 1 heterocycles. The molecule has 1 amide bonds. The Morgan fingerprint density at radius 1 is 1.28 bits per heavy atom. The van der Waals surface area contributed by atoms with Crippen molar-refractivity contribution < 1.29 is 23.1 Å². The van der Waals surface area contributed by atoms with E-state index in [0.717, 1.165) is 36.9 Å². The minimum absolute atomic E-state index is 0.0106. The van der Waals surface area contributed by atoms with E-state index in [4.69, 9.17) is 5.11 Å². The van der Waals surface area contributed by atoms with Crippen LogP contribution in [-0.2, 0) is 14.6 Å².